The van der Waals surface area contributed by atoms with Crippen LogP contribution in [0.2, 0.25) is 0 Å². The van der Waals surface area contributed by atoms with E-state index in [9.17, 15) is 8.42 Å². The maximum Gasteiger partial charge on any atom is 0.181 e. The quantitative estimate of drug-likeness (QED) is 0.851. The van der Waals surface area contributed by atoms with E-state index >= 15 is 0 Å². The summed E-state index contributed by atoms with van der Waals surface area (Å²) in [7, 11) is -3.23. The number of fused-ring (bicyclic) bond motifs is 1. The highest BCUT2D eigenvalue weighted by molar-refractivity contribution is 7.92. The molecule has 0 spiro atoms. The first-order valence-electron chi connectivity index (χ1n) is 6.40. The molecule has 1 aliphatic heterocycles. The molecule has 0 saturated heterocycles. The van der Waals surface area contributed by atoms with Crippen LogP contribution >= 0.6 is 0 Å². The fraction of sp³-hybridized carbons (Fsp3) is 0.571. The van der Waals surface area contributed by atoms with Crippen molar-refractivity contribution in [1.29, 1.82) is 0 Å². The lowest BCUT2D eigenvalue weighted by atomic mass is 9.89. The number of hydrogen-bond donors (Lipinski definition) is 1. The first kappa shape index (κ1) is 13.6. The van der Waals surface area contributed by atoms with Crippen molar-refractivity contribution in [2.45, 2.75) is 49.8 Å². The van der Waals surface area contributed by atoms with Crippen LogP contribution in [0.1, 0.15) is 50.8 Å². The van der Waals surface area contributed by atoms with Gasteiger partial charge in [0, 0.05) is 6.04 Å². The zero-order valence-electron chi connectivity index (χ0n) is 11.3. The van der Waals surface area contributed by atoms with Gasteiger partial charge in [-0.05, 0) is 36.0 Å². The lowest BCUT2D eigenvalue weighted by Gasteiger charge is -2.33. The zero-order chi connectivity index (χ0) is 13.7. The summed E-state index contributed by atoms with van der Waals surface area (Å²) < 4.78 is 24.8. The SMILES string of the molecule is CC(C)c1ccc2c(c1)C(N)C(C)C(C)S2(=O)=O. The lowest BCUT2D eigenvalue weighted by Crippen LogP contribution is -2.39. The molecule has 0 aromatic heterocycles. The first-order valence-corrected chi connectivity index (χ1v) is 7.94. The van der Waals surface area contributed by atoms with Gasteiger partial charge in [0.2, 0.25) is 0 Å². The fourth-order valence-corrected chi connectivity index (χ4v) is 4.42. The molecule has 2 rings (SSSR count). The minimum absolute atomic E-state index is 0.0510. The van der Waals surface area contributed by atoms with Crippen LogP contribution in [0.15, 0.2) is 23.1 Å². The molecule has 18 heavy (non-hydrogen) atoms. The Kier molecular flexibility index (Phi) is 3.28. The van der Waals surface area contributed by atoms with E-state index in [1.54, 1.807) is 13.0 Å². The van der Waals surface area contributed by atoms with Crippen LogP contribution in [0.3, 0.4) is 0 Å². The highest BCUT2D eigenvalue weighted by Crippen LogP contribution is 2.39. The predicted molar refractivity (Wildman–Crippen MR) is 73.3 cm³/mol. The maximum atomic E-state index is 12.4. The molecule has 1 aromatic carbocycles. The molecule has 3 atom stereocenters. The Morgan fingerprint density at radius 3 is 2.39 bits per heavy atom. The van der Waals surface area contributed by atoms with E-state index in [-0.39, 0.29) is 12.0 Å². The van der Waals surface area contributed by atoms with Gasteiger partial charge in [-0.1, -0.05) is 32.9 Å². The molecular formula is C14H21NO2S. The molecule has 0 saturated carbocycles. The van der Waals surface area contributed by atoms with E-state index in [4.69, 9.17) is 5.73 Å². The second-order valence-corrected chi connectivity index (χ2v) is 7.86. The van der Waals surface area contributed by atoms with Crippen molar-refractivity contribution in [2.24, 2.45) is 11.7 Å². The second-order valence-electron chi connectivity index (χ2n) is 5.59. The van der Waals surface area contributed by atoms with Crippen molar-refractivity contribution >= 4 is 9.84 Å². The van der Waals surface area contributed by atoms with Crippen LogP contribution < -0.4 is 5.73 Å². The Hall–Kier alpha value is -0.870. The summed E-state index contributed by atoms with van der Waals surface area (Å²) >= 11 is 0. The summed E-state index contributed by atoms with van der Waals surface area (Å²) in [4.78, 5) is 0.421. The molecule has 0 bridgehead atoms. The number of sulfone groups is 1. The van der Waals surface area contributed by atoms with Crippen LogP contribution in [0, 0.1) is 5.92 Å². The van der Waals surface area contributed by atoms with Gasteiger partial charge in [-0.2, -0.15) is 0 Å². The van der Waals surface area contributed by atoms with Crippen molar-refractivity contribution in [3.8, 4) is 0 Å². The summed E-state index contributed by atoms with van der Waals surface area (Å²) in [6.45, 7) is 7.85. The Labute approximate surface area is 109 Å². The third-order valence-corrected chi connectivity index (χ3v) is 6.56. The molecule has 2 N–H and O–H groups in total. The highest BCUT2D eigenvalue weighted by atomic mass is 32.2. The molecule has 0 amide bonds. The predicted octanol–water partition coefficient (Wildman–Crippen LogP) is 2.62. The van der Waals surface area contributed by atoms with Crippen LogP contribution in [-0.2, 0) is 9.84 Å². The normalized spacial score (nSPS) is 30.2. The average Bonchev–Trinajstić information content (AvgIpc) is 2.33. The molecule has 1 heterocycles. The summed E-state index contributed by atoms with van der Waals surface area (Å²) in [6, 6.07) is 5.39. The summed E-state index contributed by atoms with van der Waals surface area (Å²) in [5.74, 6) is 0.324. The Morgan fingerprint density at radius 1 is 1.22 bits per heavy atom. The summed E-state index contributed by atoms with van der Waals surface area (Å²) in [5, 5.41) is -0.412. The van der Waals surface area contributed by atoms with E-state index < -0.39 is 15.1 Å². The van der Waals surface area contributed by atoms with Gasteiger partial charge in [-0.25, -0.2) is 8.42 Å². The third-order valence-electron chi connectivity index (χ3n) is 4.16. The van der Waals surface area contributed by atoms with Gasteiger partial charge in [-0.3, -0.25) is 0 Å². The van der Waals surface area contributed by atoms with Crippen molar-refractivity contribution in [3.63, 3.8) is 0 Å². The van der Waals surface area contributed by atoms with E-state index in [1.807, 2.05) is 19.1 Å². The van der Waals surface area contributed by atoms with Crippen molar-refractivity contribution < 1.29 is 8.42 Å². The van der Waals surface area contributed by atoms with E-state index in [0.717, 1.165) is 11.1 Å². The Morgan fingerprint density at radius 2 is 1.83 bits per heavy atom. The minimum Gasteiger partial charge on any atom is -0.324 e. The Balaban J connectivity index is 2.67. The van der Waals surface area contributed by atoms with Gasteiger partial charge < -0.3 is 5.73 Å². The van der Waals surface area contributed by atoms with E-state index in [0.29, 0.717) is 10.8 Å². The van der Waals surface area contributed by atoms with Gasteiger partial charge >= 0.3 is 0 Å². The molecule has 0 fully saturated rings. The fourth-order valence-electron chi connectivity index (χ4n) is 2.50. The molecule has 1 aliphatic rings. The van der Waals surface area contributed by atoms with Gasteiger partial charge in [0.25, 0.3) is 0 Å². The molecule has 0 aliphatic carbocycles. The second kappa shape index (κ2) is 4.35. The van der Waals surface area contributed by atoms with E-state index in [2.05, 4.69) is 13.8 Å². The topological polar surface area (TPSA) is 60.2 Å². The third kappa shape index (κ3) is 1.88. The van der Waals surface area contributed by atoms with Crippen molar-refractivity contribution in [3.05, 3.63) is 29.3 Å². The standard InChI is InChI=1S/C14H21NO2S/c1-8(2)11-5-6-13-12(7-11)14(15)9(3)10(4)18(13,16)17/h5-10,14H,15H2,1-4H3. The minimum atomic E-state index is -3.23. The van der Waals surface area contributed by atoms with Crippen LogP contribution in [-0.4, -0.2) is 13.7 Å². The smallest absolute Gasteiger partial charge is 0.181 e. The van der Waals surface area contributed by atoms with E-state index in [1.165, 1.54) is 0 Å². The van der Waals surface area contributed by atoms with Crippen LogP contribution in [0.5, 0.6) is 0 Å². The molecule has 3 unspecified atom stereocenters. The Bertz CT molecular complexity index is 563. The summed E-state index contributed by atoms with van der Waals surface area (Å²) in [5.41, 5.74) is 8.13. The molecule has 100 valence electrons. The van der Waals surface area contributed by atoms with Gasteiger partial charge in [0.1, 0.15) is 0 Å². The number of nitrogens with two attached hydrogens (primary N) is 1. The van der Waals surface area contributed by atoms with Crippen molar-refractivity contribution in [1.82, 2.24) is 0 Å². The highest BCUT2D eigenvalue weighted by Gasteiger charge is 2.40. The maximum absolute atomic E-state index is 12.4. The molecule has 0 radical (unpaired) electrons. The largest absolute Gasteiger partial charge is 0.324 e. The molecule has 3 nitrogen and oxygen atoms in total. The lowest BCUT2D eigenvalue weighted by molar-refractivity contribution is 0.425. The number of benzene rings is 1. The van der Waals surface area contributed by atoms with Crippen LogP contribution in [0.4, 0.5) is 0 Å². The first-order chi connectivity index (χ1) is 8.26. The number of hydrogen-bond acceptors (Lipinski definition) is 3. The molecule has 1 aromatic rings. The van der Waals surface area contributed by atoms with Gasteiger partial charge in [0.05, 0.1) is 10.1 Å². The van der Waals surface area contributed by atoms with Gasteiger partial charge in [-0.15, -0.1) is 0 Å². The van der Waals surface area contributed by atoms with Gasteiger partial charge in [0.15, 0.2) is 9.84 Å². The summed E-state index contributed by atoms with van der Waals surface area (Å²) in [6.07, 6.45) is 0. The van der Waals surface area contributed by atoms with Crippen LogP contribution in [0.25, 0.3) is 0 Å². The van der Waals surface area contributed by atoms with Crippen molar-refractivity contribution in [2.75, 3.05) is 0 Å². The zero-order valence-corrected chi connectivity index (χ0v) is 12.2. The number of rotatable bonds is 1. The molecule has 4 heteroatoms. The monoisotopic (exact) mass is 267 g/mol. The molecular weight excluding hydrogens is 246 g/mol. The average molecular weight is 267 g/mol.